The minimum atomic E-state index is -0.273. The number of amides is 1. The Hall–Kier alpha value is -2.50. The van der Waals surface area contributed by atoms with Gasteiger partial charge in [-0.25, -0.2) is 0 Å². The summed E-state index contributed by atoms with van der Waals surface area (Å²) in [6, 6.07) is 5.55. The molecule has 2 heterocycles. The van der Waals surface area contributed by atoms with Crippen molar-refractivity contribution >= 4 is 11.6 Å². The molecule has 128 valence electrons. The lowest BCUT2D eigenvalue weighted by molar-refractivity contribution is 0.102. The molecule has 6 nitrogen and oxygen atoms in total. The van der Waals surface area contributed by atoms with Crippen molar-refractivity contribution in [2.45, 2.75) is 46.1 Å². The van der Waals surface area contributed by atoms with Gasteiger partial charge in [-0.2, -0.15) is 5.10 Å². The van der Waals surface area contributed by atoms with Crippen LogP contribution in [0.15, 0.2) is 18.2 Å². The first kappa shape index (κ1) is 16.4. The molecule has 0 radical (unpaired) electrons. The van der Waals surface area contributed by atoms with E-state index < -0.39 is 0 Å². The van der Waals surface area contributed by atoms with Crippen molar-refractivity contribution in [3.05, 3.63) is 35.2 Å². The highest BCUT2D eigenvalue weighted by molar-refractivity contribution is 6.04. The number of hydrogen-bond acceptors (Lipinski definition) is 4. The standard InChI is InChI=1S/C18H23N3O3/c1-5-23-17-7-12-6-11(4)24-16(12)9-14(17)19-18(22)15-8-13(10(2)3)20-21-15/h7-11H,5-6H2,1-4H3,(H,19,22)(H,20,21). The van der Waals surface area contributed by atoms with Gasteiger partial charge in [0, 0.05) is 23.7 Å². The number of nitrogens with one attached hydrogen (secondary N) is 2. The highest BCUT2D eigenvalue weighted by atomic mass is 16.5. The van der Waals surface area contributed by atoms with Crippen LogP contribution in [0.3, 0.4) is 0 Å². The van der Waals surface area contributed by atoms with Gasteiger partial charge >= 0.3 is 0 Å². The first-order chi connectivity index (χ1) is 11.5. The van der Waals surface area contributed by atoms with Gasteiger partial charge in [0.05, 0.1) is 12.3 Å². The molecule has 0 saturated carbocycles. The van der Waals surface area contributed by atoms with E-state index in [1.165, 1.54) is 0 Å². The second-order valence-corrected chi connectivity index (χ2v) is 6.34. The molecular weight excluding hydrogens is 306 g/mol. The van der Waals surface area contributed by atoms with Gasteiger partial charge in [0.1, 0.15) is 17.6 Å². The molecule has 2 N–H and O–H groups in total. The van der Waals surface area contributed by atoms with Crippen LogP contribution in [0.25, 0.3) is 0 Å². The van der Waals surface area contributed by atoms with Gasteiger partial charge in [-0.1, -0.05) is 13.8 Å². The lowest BCUT2D eigenvalue weighted by atomic mass is 10.1. The second kappa shape index (κ2) is 6.55. The fourth-order valence-corrected chi connectivity index (χ4v) is 2.75. The second-order valence-electron chi connectivity index (χ2n) is 6.34. The van der Waals surface area contributed by atoms with Crippen molar-refractivity contribution in [2.75, 3.05) is 11.9 Å². The van der Waals surface area contributed by atoms with Crippen LogP contribution in [-0.2, 0) is 6.42 Å². The summed E-state index contributed by atoms with van der Waals surface area (Å²) in [5.41, 5.74) is 2.99. The third-order valence-electron chi connectivity index (χ3n) is 4.00. The SMILES string of the molecule is CCOc1cc2c(cc1NC(=O)c1cc(C(C)C)[nH]n1)OC(C)C2. The quantitative estimate of drug-likeness (QED) is 0.880. The molecule has 1 aromatic heterocycles. The predicted octanol–water partition coefficient (Wildman–Crippen LogP) is 3.51. The number of H-pyrrole nitrogens is 1. The molecule has 0 spiro atoms. The zero-order chi connectivity index (χ0) is 17.3. The van der Waals surface area contributed by atoms with Crippen LogP contribution in [0.5, 0.6) is 11.5 Å². The van der Waals surface area contributed by atoms with Crippen molar-refractivity contribution < 1.29 is 14.3 Å². The molecule has 1 aliphatic rings. The highest BCUT2D eigenvalue weighted by Gasteiger charge is 2.23. The molecule has 0 fully saturated rings. The van der Waals surface area contributed by atoms with E-state index in [-0.39, 0.29) is 17.9 Å². The summed E-state index contributed by atoms with van der Waals surface area (Å²) >= 11 is 0. The topological polar surface area (TPSA) is 76.2 Å². The summed E-state index contributed by atoms with van der Waals surface area (Å²) < 4.78 is 11.5. The highest BCUT2D eigenvalue weighted by Crippen LogP contribution is 2.38. The molecule has 0 bridgehead atoms. The minimum absolute atomic E-state index is 0.139. The summed E-state index contributed by atoms with van der Waals surface area (Å²) in [6.45, 7) is 8.55. The molecule has 6 heteroatoms. The van der Waals surface area contributed by atoms with Gasteiger partial charge < -0.3 is 14.8 Å². The minimum Gasteiger partial charge on any atom is -0.492 e. The first-order valence-corrected chi connectivity index (χ1v) is 8.31. The number of ether oxygens (including phenoxy) is 2. The van der Waals surface area contributed by atoms with Gasteiger partial charge in [-0.05, 0) is 31.9 Å². The number of fused-ring (bicyclic) bond motifs is 1. The fraction of sp³-hybridized carbons (Fsp3) is 0.444. The van der Waals surface area contributed by atoms with Gasteiger partial charge in [-0.15, -0.1) is 0 Å². The van der Waals surface area contributed by atoms with Crippen LogP contribution >= 0.6 is 0 Å². The van der Waals surface area contributed by atoms with E-state index in [2.05, 4.69) is 15.5 Å². The Kier molecular flexibility index (Phi) is 4.46. The smallest absolute Gasteiger partial charge is 0.276 e. The van der Waals surface area contributed by atoms with Crippen molar-refractivity contribution in [3.63, 3.8) is 0 Å². The van der Waals surface area contributed by atoms with Crippen LogP contribution < -0.4 is 14.8 Å². The summed E-state index contributed by atoms with van der Waals surface area (Å²) in [5, 5.41) is 9.86. The Morgan fingerprint density at radius 3 is 2.92 bits per heavy atom. The number of carbonyl (C=O) groups is 1. The van der Waals surface area contributed by atoms with Gasteiger partial charge in [0.25, 0.3) is 5.91 Å². The van der Waals surface area contributed by atoms with E-state index in [0.717, 1.165) is 23.4 Å². The summed E-state index contributed by atoms with van der Waals surface area (Å²) in [4.78, 5) is 12.5. The monoisotopic (exact) mass is 329 g/mol. The first-order valence-electron chi connectivity index (χ1n) is 8.31. The Balaban J connectivity index is 1.85. The summed E-state index contributed by atoms with van der Waals surface area (Å²) in [7, 11) is 0. The van der Waals surface area contributed by atoms with Gasteiger partial charge in [-0.3, -0.25) is 9.89 Å². The van der Waals surface area contributed by atoms with Crippen molar-refractivity contribution in [1.82, 2.24) is 10.2 Å². The normalized spacial score (nSPS) is 16.0. The van der Waals surface area contributed by atoms with Crippen LogP contribution in [0, 0.1) is 0 Å². The number of anilines is 1. The third-order valence-corrected chi connectivity index (χ3v) is 4.00. The zero-order valence-electron chi connectivity index (χ0n) is 14.5. The third kappa shape index (κ3) is 3.22. The maximum atomic E-state index is 12.5. The van der Waals surface area contributed by atoms with Crippen molar-refractivity contribution in [1.29, 1.82) is 0 Å². The number of rotatable bonds is 5. The fourth-order valence-electron chi connectivity index (χ4n) is 2.75. The number of nitrogens with zero attached hydrogens (tertiary/aromatic N) is 1. The van der Waals surface area contributed by atoms with E-state index in [4.69, 9.17) is 9.47 Å². The van der Waals surface area contributed by atoms with E-state index in [1.807, 2.05) is 39.8 Å². The maximum Gasteiger partial charge on any atom is 0.276 e. The number of carbonyl (C=O) groups excluding carboxylic acids is 1. The number of aromatic nitrogens is 2. The molecule has 24 heavy (non-hydrogen) atoms. The maximum absolute atomic E-state index is 12.5. The molecule has 1 amide bonds. The van der Waals surface area contributed by atoms with Crippen LogP contribution in [-0.4, -0.2) is 28.8 Å². The number of aromatic amines is 1. The largest absolute Gasteiger partial charge is 0.492 e. The Morgan fingerprint density at radius 1 is 1.46 bits per heavy atom. The van der Waals surface area contributed by atoms with Gasteiger partial charge in [0.2, 0.25) is 0 Å². The van der Waals surface area contributed by atoms with E-state index in [1.54, 1.807) is 6.07 Å². The van der Waals surface area contributed by atoms with E-state index in [0.29, 0.717) is 23.7 Å². The molecule has 1 atom stereocenters. The zero-order valence-corrected chi connectivity index (χ0v) is 14.5. The van der Waals surface area contributed by atoms with Crippen molar-refractivity contribution in [2.24, 2.45) is 0 Å². The van der Waals surface area contributed by atoms with Crippen LogP contribution in [0.1, 0.15) is 55.4 Å². The average Bonchev–Trinajstić information content (AvgIpc) is 3.13. The summed E-state index contributed by atoms with van der Waals surface area (Å²) in [5.74, 6) is 1.46. The molecule has 1 unspecified atom stereocenters. The average molecular weight is 329 g/mol. The summed E-state index contributed by atoms with van der Waals surface area (Å²) in [6.07, 6.45) is 0.987. The molecular formula is C18H23N3O3. The Morgan fingerprint density at radius 2 is 2.25 bits per heavy atom. The van der Waals surface area contributed by atoms with Gasteiger partial charge in [0.15, 0.2) is 5.69 Å². The molecule has 0 aliphatic carbocycles. The lowest BCUT2D eigenvalue weighted by Crippen LogP contribution is -2.13. The van der Waals surface area contributed by atoms with E-state index in [9.17, 15) is 4.79 Å². The molecule has 2 aromatic rings. The molecule has 3 rings (SSSR count). The number of hydrogen-bond donors (Lipinski definition) is 2. The number of benzene rings is 1. The molecule has 1 aliphatic heterocycles. The van der Waals surface area contributed by atoms with Crippen LogP contribution in [0.2, 0.25) is 0 Å². The molecule has 0 saturated heterocycles. The lowest BCUT2D eigenvalue weighted by Gasteiger charge is -2.13. The Labute approximate surface area is 141 Å². The van der Waals surface area contributed by atoms with E-state index >= 15 is 0 Å². The predicted molar refractivity (Wildman–Crippen MR) is 92.0 cm³/mol. The van der Waals surface area contributed by atoms with Crippen molar-refractivity contribution in [3.8, 4) is 11.5 Å². The molecule has 1 aromatic carbocycles. The van der Waals surface area contributed by atoms with Crippen LogP contribution in [0.4, 0.5) is 5.69 Å². The Bertz CT molecular complexity index is 752.